The van der Waals surface area contributed by atoms with Gasteiger partial charge in [-0.25, -0.2) is 18.5 Å². The highest BCUT2D eigenvalue weighted by molar-refractivity contribution is 8.00. The maximum Gasteiger partial charge on any atom is 0.238 e. The zero-order valence-electron chi connectivity index (χ0n) is 20.2. The number of sulfonamides is 1. The highest BCUT2D eigenvalue weighted by atomic mass is 32.2. The number of carbonyl (C=O) groups excluding carboxylic acids is 1. The summed E-state index contributed by atoms with van der Waals surface area (Å²) in [5, 5.41) is 17.8. The smallest absolute Gasteiger partial charge is 0.238 e. The Hall–Kier alpha value is -3.97. The Kier molecular flexibility index (Phi) is 7.74. The third kappa shape index (κ3) is 6.24. The van der Waals surface area contributed by atoms with Crippen LogP contribution in [-0.4, -0.2) is 24.6 Å². The molecule has 0 fully saturated rings. The Morgan fingerprint density at radius 3 is 2.24 bits per heavy atom. The fraction of sp³-hybridized carbons (Fsp3) is 0.107. The van der Waals surface area contributed by atoms with Crippen LogP contribution in [0.4, 0.5) is 5.69 Å². The molecule has 1 heterocycles. The first kappa shape index (κ1) is 26.1. The summed E-state index contributed by atoms with van der Waals surface area (Å²) in [6.45, 7) is 3.73. The van der Waals surface area contributed by atoms with Crippen LogP contribution in [-0.2, 0) is 14.8 Å². The highest BCUT2D eigenvalue weighted by Crippen LogP contribution is 2.36. The van der Waals surface area contributed by atoms with Crippen LogP contribution >= 0.6 is 11.8 Å². The third-order valence-electron chi connectivity index (χ3n) is 5.64. The molecule has 0 bridgehead atoms. The van der Waals surface area contributed by atoms with Crippen LogP contribution < -0.4 is 10.5 Å². The van der Waals surface area contributed by atoms with Crippen molar-refractivity contribution in [3.8, 4) is 28.5 Å². The number of hydrogen-bond acceptors (Lipinski definition) is 6. The van der Waals surface area contributed by atoms with E-state index in [1.165, 1.54) is 36.0 Å². The van der Waals surface area contributed by atoms with Crippen molar-refractivity contribution in [2.75, 3.05) is 5.32 Å². The van der Waals surface area contributed by atoms with Gasteiger partial charge in [0.15, 0.2) is 0 Å². The number of nitrogens with two attached hydrogens (primary N) is 1. The number of aromatic nitrogens is 1. The van der Waals surface area contributed by atoms with Crippen LogP contribution in [0.2, 0.25) is 0 Å². The van der Waals surface area contributed by atoms with Crippen LogP contribution in [0.1, 0.15) is 18.1 Å². The molecule has 3 aromatic carbocycles. The van der Waals surface area contributed by atoms with Gasteiger partial charge in [0.05, 0.1) is 21.4 Å². The van der Waals surface area contributed by atoms with Crippen molar-refractivity contribution in [1.82, 2.24) is 4.98 Å². The third-order valence-corrected chi connectivity index (χ3v) is 7.65. The molecule has 0 aliphatic carbocycles. The van der Waals surface area contributed by atoms with E-state index in [0.717, 1.165) is 22.3 Å². The van der Waals surface area contributed by atoms with E-state index in [9.17, 15) is 18.5 Å². The fourth-order valence-corrected chi connectivity index (χ4v) is 5.07. The van der Waals surface area contributed by atoms with Crippen LogP contribution in [0.3, 0.4) is 0 Å². The molecule has 1 amide bonds. The molecule has 0 saturated heterocycles. The number of nitrogens with one attached hydrogen (secondary N) is 1. The lowest BCUT2D eigenvalue weighted by molar-refractivity contribution is -0.115. The molecule has 37 heavy (non-hydrogen) atoms. The van der Waals surface area contributed by atoms with Gasteiger partial charge in [-0.2, -0.15) is 5.26 Å². The molecular weight excluding hydrogens is 504 g/mol. The molecule has 1 atom stereocenters. The minimum absolute atomic E-state index is 0.0443. The van der Waals surface area contributed by atoms with E-state index >= 15 is 0 Å². The van der Waals surface area contributed by atoms with Gasteiger partial charge >= 0.3 is 0 Å². The molecule has 0 aliphatic heterocycles. The van der Waals surface area contributed by atoms with E-state index in [0.29, 0.717) is 22.0 Å². The molecule has 0 saturated carbocycles. The predicted octanol–water partition coefficient (Wildman–Crippen LogP) is 5.36. The van der Waals surface area contributed by atoms with Crippen LogP contribution in [0, 0.1) is 18.3 Å². The van der Waals surface area contributed by atoms with Gasteiger partial charge in [0.1, 0.15) is 11.1 Å². The number of nitrogens with zero attached hydrogens (tertiary/aromatic N) is 2. The summed E-state index contributed by atoms with van der Waals surface area (Å²) in [5.41, 5.74) is 5.15. The maximum absolute atomic E-state index is 13.0. The first-order valence-electron chi connectivity index (χ1n) is 11.3. The standard InChI is InChI=1S/C28H24N4O3S2/c1-18-8-10-20(11-9-18)24-16-26(21-6-4-3-5-7-21)32-28(25(24)17-29)36-19(2)27(33)31-22-12-14-23(15-13-22)37(30,34)35/h3-16,19H,1-2H3,(H,31,33)(H2,30,34,35). The number of carbonyl (C=O) groups is 1. The quantitative estimate of drug-likeness (QED) is 0.311. The number of rotatable bonds is 7. The van der Waals surface area contributed by atoms with E-state index in [1.54, 1.807) is 6.92 Å². The lowest BCUT2D eigenvalue weighted by atomic mass is 9.98. The summed E-state index contributed by atoms with van der Waals surface area (Å²) in [4.78, 5) is 17.7. The van der Waals surface area contributed by atoms with Crippen molar-refractivity contribution >= 4 is 33.4 Å². The molecular formula is C28H24N4O3S2. The van der Waals surface area contributed by atoms with Crippen molar-refractivity contribution in [1.29, 1.82) is 5.26 Å². The van der Waals surface area contributed by atoms with Gasteiger partial charge in [-0.1, -0.05) is 71.9 Å². The maximum atomic E-state index is 13.0. The number of aryl methyl sites for hydroxylation is 1. The van der Waals surface area contributed by atoms with Crippen LogP contribution in [0.15, 0.2) is 94.9 Å². The second kappa shape index (κ2) is 11.0. The number of benzene rings is 3. The Bertz CT molecular complexity index is 1580. The van der Waals surface area contributed by atoms with E-state index in [-0.39, 0.29) is 10.8 Å². The van der Waals surface area contributed by atoms with Crippen molar-refractivity contribution in [2.45, 2.75) is 29.0 Å². The van der Waals surface area contributed by atoms with Crippen LogP contribution in [0.5, 0.6) is 0 Å². The fourth-order valence-electron chi connectivity index (χ4n) is 3.63. The van der Waals surface area contributed by atoms with E-state index in [1.807, 2.05) is 67.6 Å². The number of pyridine rings is 1. The molecule has 9 heteroatoms. The second-order valence-corrected chi connectivity index (χ2v) is 11.3. The molecule has 186 valence electrons. The molecule has 4 aromatic rings. The summed E-state index contributed by atoms with van der Waals surface area (Å²) in [5.74, 6) is -0.318. The average Bonchev–Trinajstić information content (AvgIpc) is 2.89. The number of primary sulfonamides is 1. The van der Waals surface area contributed by atoms with E-state index in [4.69, 9.17) is 10.1 Å². The second-order valence-electron chi connectivity index (χ2n) is 8.40. The molecule has 0 spiro atoms. The SMILES string of the molecule is Cc1ccc(-c2cc(-c3ccccc3)nc(SC(C)C(=O)Nc3ccc(S(N)(=O)=O)cc3)c2C#N)cc1. The Morgan fingerprint density at radius 1 is 1.00 bits per heavy atom. The normalized spacial score (nSPS) is 11.9. The largest absolute Gasteiger partial charge is 0.325 e. The minimum Gasteiger partial charge on any atom is -0.325 e. The Balaban J connectivity index is 1.67. The number of amides is 1. The van der Waals surface area contributed by atoms with Gasteiger partial charge in [0.25, 0.3) is 0 Å². The van der Waals surface area contributed by atoms with Gasteiger partial charge in [0, 0.05) is 16.8 Å². The summed E-state index contributed by atoms with van der Waals surface area (Å²) < 4.78 is 22.9. The van der Waals surface area contributed by atoms with Crippen LogP contribution in [0.25, 0.3) is 22.4 Å². The first-order chi connectivity index (χ1) is 17.7. The van der Waals surface area contributed by atoms with Gasteiger partial charge in [0.2, 0.25) is 15.9 Å². The number of anilines is 1. The predicted molar refractivity (Wildman–Crippen MR) is 146 cm³/mol. The zero-order valence-corrected chi connectivity index (χ0v) is 21.8. The molecule has 0 radical (unpaired) electrons. The van der Waals surface area contributed by atoms with Gasteiger partial charge < -0.3 is 5.32 Å². The van der Waals surface area contributed by atoms with Crippen molar-refractivity contribution in [3.05, 3.63) is 96.1 Å². The number of thioether (sulfide) groups is 1. The lowest BCUT2D eigenvalue weighted by Gasteiger charge is -2.16. The van der Waals surface area contributed by atoms with Crippen molar-refractivity contribution < 1.29 is 13.2 Å². The lowest BCUT2D eigenvalue weighted by Crippen LogP contribution is -2.22. The summed E-state index contributed by atoms with van der Waals surface area (Å²) in [6.07, 6.45) is 0. The highest BCUT2D eigenvalue weighted by Gasteiger charge is 2.22. The number of hydrogen-bond donors (Lipinski definition) is 2. The average molecular weight is 529 g/mol. The summed E-state index contributed by atoms with van der Waals surface area (Å²) in [7, 11) is -3.83. The van der Waals surface area contributed by atoms with Gasteiger partial charge in [-0.15, -0.1) is 0 Å². The van der Waals surface area contributed by atoms with Crippen molar-refractivity contribution in [3.63, 3.8) is 0 Å². The minimum atomic E-state index is -3.83. The Labute approximate surface area is 220 Å². The molecule has 1 unspecified atom stereocenters. The first-order valence-corrected chi connectivity index (χ1v) is 13.8. The molecule has 4 rings (SSSR count). The van der Waals surface area contributed by atoms with E-state index < -0.39 is 15.3 Å². The van der Waals surface area contributed by atoms with Crippen molar-refractivity contribution in [2.24, 2.45) is 5.14 Å². The Morgan fingerprint density at radius 2 is 1.65 bits per heavy atom. The summed E-state index contributed by atoms with van der Waals surface area (Å²) in [6, 6.07) is 27.4. The number of nitriles is 1. The van der Waals surface area contributed by atoms with Gasteiger partial charge in [-0.05, 0) is 49.7 Å². The molecule has 3 N–H and O–H groups in total. The summed E-state index contributed by atoms with van der Waals surface area (Å²) >= 11 is 1.19. The van der Waals surface area contributed by atoms with Gasteiger partial charge in [-0.3, -0.25) is 4.79 Å². The molecule has 7 nitrogen and oxygen atoms in total. The monoisotopic (exact) mass is 528 g/mol. The molecule has 0 aliphatic rings. The zero-order chi connectivity index (χ0) is 26.6. The van der Waals surface area contributed by atoms with E-state index in [2.05, 4.69) is 11.4 Å². The topological polar surface area (TPSA) is 126 Å². The molecule has 1 aromatic heterocycles.